The molecule has 0 fully saturated rings. The van der Waals surface area contributed by atoms with Gasteiger partial charge in [0.05, 0.1) is 22.8 Å². The molecule has 10 rings (SSSR count). The molecule has 0 aliphatic heterocycles. The maximum atomic E-state index is 5.45. The molecule has 2 aliphatic rings. The van der Waals surface area contributed by atoms with Crippen molar-refractivity contribution in [2.75, 3.05) is 0 Å². The van der Waals surface area contributed by atoms with Crippen molar-refractivity contribution in [3.05, 3.63) is 192 Å². The van der Waals surface area contributed by atoms with Gasteiger partial charge < -0.3 is 0 Å². The Balaban J connectivity index is 1.06. The van der Waals surface area contributed by atoms with Crippen LogP contribution in [0.4, 0.5) is 0 Å². The summed E-state index contributed by atoms with van der Waals surface area (Å²) in [5, 5.41) is 0. The van der Waals surface area contributed by atoms with Gasteiger partial charge in [-0.2, -0.15) is 0 Å². The Morgan fingerprint density at radius 3 is 1.13 bits per heavy atom. The van der Waals surface area contributed by atoms with E-state index in [1.807, 2.05) is 18.2 Å². The van der Waals surface area contributed by atoms with Crippen LogP contribution < -0.4 is 0 Å². The van der Waals surface area contributed by atoms with Crippen molar-refractivity contribution >= 4 is 0 Å². The van der Waals surface area contributed by atoms with Crippen LogP contribution in [-0.4, -0.2) is 9.97 Å². The van der Waals surface area contributed by atoms with Crippen molar-refractivity contribution in [3.8, 4) is 78.4 Å². The van der Waals surface area contributed by atoms with Crippen molar-refractivity contribution in [2.24, 2.45) is 0 Å². The largest absolute Gasteiger partial charge is 0.243 e. The fourth-order valence-corrected chi connectivity index (χ4v) is 8.96. The SMILES string of the molecule is CC1(C)c2ccccc2-c2cc3c(cc21)-c1ccc(-c2ccc(-c4nc(-c5ccccc5)c(-c5ccccc5)nc4-c4ccccc4)cc2)cc1C3(C)C. The molecule has 1 heterocycles. The van der Waals surface area contributed by atoms with Gasteiger partial charge in [0.1, 0.15) is 0 Å². The number of fused-ring (bicyclic) bond motifs is 6. The summed E-state index contributed by atoms with van der Waals surface area (Å²) in [6, 6.07) is 61.1. The number of rotatable bonds is 5. The first kappa shape index (κ1) is 32.3. The molecule has 8 aromatic rings. The molecule has 0 spiro atoms. The third-order valence-corrected chi connectivity index (χ3v) is 11.9. The fraction of sp³-hybridized carbons (Fsp3) is 0.115. The molecule has 1 aromatic heterocycles. The molecule has 2 nitrogen and oxygen atoms in total. The van der Waals surface area contributed by atoms with Crippen molar-refractivity contribution in [3.63, 3.8) is 0 Å². The van der Waals surface area contributed by atoms with Crippen LogP contribution in [0.5, 0.6) is 0 Å². The smallest absolute Gasteiger partial charge is 0.0973 e. The third-order valence-electron chi connectivity index (χ3n) is 11.9. The Morgan fingerprint density at radius 2 is 0.630 bits per heavy atom. The van der Waals surface area contributed by atoms with E-state index in [2.05, 4.69) is 179 Å². The zero-order chi connectivity index (χ0) is 36.6. The molecule has 54 heavy (non-hydrogen) atoms. The lowest BCUT2D eigenvalue weighted by molar-refractivity contribution is 0.652. The number of hydrogen-bond donors (Lipinski definition) is 0. The summed E-state index contributed by atoms with van der Waals surface area (Å²) in [5.41, 5.74) is 21.0. The third kappa shape index (κ3) is 4.94. The van der Waals surface area contributed by atoms with E-state index in [4.69, 9.17) is 9.97 Å². The van der Waals surface area contributed by atoms with E-state index in [1.165, 1.54) is 55.6 Å². The first-order valence-electron chi connectivity index (χ1n) is 18.9. The quantitative estimate of drug-likeness (QED) is 0.179. The zero-order valence-electron chi connectivity index (χ0n) is 31.1. The molecule has 0 radical (unpaired) electrons. The summed E-state index contributed by atoms with van der Waals surface area (Å²) in [5.74, 6) is 0. The van der Waals surface area contributed by atoms with Crippen molar-refractivity contribution in [2.45, 2.75) is 38.5 Å². The second-order valence-electron chi connectivity index (χ2n) is 15.8. The van der Waals surface area contributed by atoms with Gasteiger partial charge in [-0.15, -0.1) is 0 Å². The van der Waals surface area contributed by atoms with Gasteiger partial charge in [-0.05, 0) is 73.8 Å². The van der Waals surface area contributed by atoms with Crippen molar-refractivity contribution in [1.82, 2.24) is 9.97 Å². The standard InChI is InChI=1S/C52H40N2/c1-51(2)43-23-15-14-22-39(43)41-31-46-42(32-45(41)51)40-29-28-38(30-44(40)52(46,3)4)33-24-26-37(27-25-33)50-49(36-20-12-7-13-21-36)53-47(34-16-8-5-9-17-34)48(54-50)35-18-10-6-11-19-35/h5-32H,1-4H3. The van der Waals surface area contributed by atoms with Gasteiger partial charge >= 0.3 is 0 Å². The number of hydrogen-bond acceptors (Lipinski definition) is 2. The molecule has 258 valence electrons. The van der Waals surface area contributed by atoms with Gasteiger partial charge in [-0.1, -0.05) is 179 Å². The van der Waals surface area contributed by atoms with E-state index in [-0.39, 0.29) is 10.8 Å². The Bertz CT molecular complexity index is 2720. The van der Waals surface area contributed by atoms with E-state index >= 15 is 0 Å². The molecule has 0 bridgehead atoms. The number of nitrogens with zero attached hydrogens (tertiary/aromatic N) is 2. The molecule has 0 amide bonds. The minimum Gasteiger partial charge on any atom is -0.243 e. The molecule has 0 saturated carbocycles. The minimum atomic E-state index is -0.119. The zero-order valence-corrected chi connectivity index (χ0v) is 31.1. The molecule has 2 aliphatic carbocycles. The molecule has 2 heteroatoms. The highest BCUT2D eigenvalue weighted by molar-refractivity contribution is 5.91. The lowest BCUT2D eigenvalue weighted by Gasteiger charge is -2.24. The van der Waals surface area contributed by atoms with E-state index in [9.17, 15) is 0 Å². The van der Waals surface area contributed by atoms with Crippen LogP contribution in [-0.2, 0) is 10.8 Å². The summed E-state index contributed by atoms with van der Waals surface area (Å²) >= 11 is 0. The van der Waals surface area contributed by atoms with Gasteiger partial charge in [-0.3, -0.25) is 0 Å². The predicted molar refractivity (Wildman–Crippen MR) is 224 cm³/mol. The highest BCUT2D eigenvalue weighted by Crippen LogP contribution is 2.56. The summed E-state index contributed by atoms with van der Waals surface area (Å²) in [4.78, 5) is 10.8. The van der Waals surface area contributed by atoms with Crippen LogP contribution in [0.25, 0.3) is 78.4 Å². The molecule has 0 atom stereocenters. The second kappa shape index (κ2) is 12.1. The van der Waals surface area contributed by atoms with Gasteiger partial charge in [0.25, 0.3) is 0 Å². The van der Waals surface area contributed by atoms with E-state index in [1.54, 1.807) is 0 Å². The molecule has 7 aromatic carbocycles. The molecular weight excluding hydrogens is 653 g/mol. The van der Waals surface area contributed by atoms with Crippen LogP contribution in [0.1, 0.15) is 49.9 Å². The maximum Gasteiger partial charge on any atom is 0.0973 e. The Labute approximate surface area is 317 Å². The highest BCUT2D eigenvalue weighted by atomic mass is 14.9. The summed E-state index contributed by atoms with van der Waals surface area (Å²) in [6.07, 6.45) is 0. The van der Waals surface area contributed by atoms with Crippen LogP contribution >= 0.6 is 0 Å². The van der Waals surface area contributed by atoms with Crippen LogP contribution in [0.3, 0.4) is 0 Å². The van der Waals surface area contributed by atoms with Gasteiger partial charge in [0, 0.05) is 33.1 Å². The normalized spacial score (nSPS) is 14.2. The first-order chi connectivity index (χ1) is 26.3. The maximum absolute atomic E-state index is 5.45. The minimum absolute atomic E-state index is 0.0238. The molecule has 0 saturated heterocycles. The monoisotopic (exact) mass is 692 g/mol. The number of aromatic nitrogens is 2. The number of benzene rings is 7. The van der Waals surface area contributed by atoms with Crippen LogP contribution in [0, 0.1) is 0 Å². The van der Waals surface area contributed by atoms with Gasteiger partial charge in [-0.25, -0.2) is 9.97 Å². The Kier molecular flexibility index (Phi) is 7.22. The van der Waals surface area contributed by atoms with Gasteiger partial charge in [0.15, 0.2) is 0 Å². The van der Waals surface area contributed by atoms with Crippen LogP contribution in [0.15, 0.2) is 170 Å². The summed E-state index contributed by atoms with van der Waals surface area (Å²) in [6.45, 7) is 9.50. The lowest BCUT2D eigenvalue weighted by atomic mass is 9.79. The molecule has 0 N–H and O–H groups in total. The average Bonchev–Trinajstić information content (AvgIpc) is 3.59. The van der Waals surface area contributed by atoms with E-state index in [0.29, 0.717) is 0 Å². The fourth-order valence-electron chi connectivity index (χ4n) is 8.96. The van der Waals surface area contributed by atoms with Crippen LogP contribution in [0.2, 0.25) is 0 Å². The second-order valence-corrected chi connectivity index (χ2v) is 15.8. The van der Waals surface area contributed by atoms with Gasteiger partial charge in [0.2, 0.25) is 0 Å². The van der Waals surface area contributed by atoms with Crippen molar-refractivity contribution < 1.29 is 0 Å². The predicted octanol–water partition coefficient (Wildman–Crippen LogP) is 13.4. The summed E-state index contributed by atoms with van der Waals surface area (Å²) in [7, 11) is 0. The summed E-state index contributed by atoms with van der Waals surface area (Å²) < 4.78 is 0. The lowest BCUT2D eigenvalue weighted by Crippen LogP contribution is -2.17. The topological polar surface area (TPSA) is 25.8 Å². The van der Waals surface area contributed by atoms with Crippen molar-refractivity contribution in [1.29, 1.82) is 0 Å². The first-order valence-corrected chi connectivity index (χ1v) is 18.9. The molecular formula is C52H40N2. The Morgan fingerprint density at radius 1 is 0.278 bits per heavy atom. The van der Waals surface area contributed by atoms with E-state index < -0.39 is 0 Å². The Hall–Kier alpha value is -6.38. The molecule has 0 unspecified atom stereocenters. The van der Waals surface area contributed by atoms with E-state index in [0.717, 1.165) is 45.0 Å². The highest BCUT2D eigenvalue weighted by Gasteiger charge is 2.41. The average molecular weight is 693 g/mol.